The highest BCUT2D eigenvalue weighted by atomic mass is 32.2. The Labute approximate surface area is 140 Å². The Hall–Kier alpha value is -2.46. The van der Waals surface area contributed by atoms with Gasteiger partial charge in [-0.3, -0.25) is 9.69 Å². The van der Waals surface area contributed by atoms with Crippen LogP contribution in [0.4, 0.5) is 5.69 Å². The molecule has 1 unspecified atom stereocenters. The van der Waals surface area contributed by atoms with Crippen LogP contribution in [0.2, 0.25) is 0 Å². The minimum Gasteiger partial charge on any atom is -0.369 e. The summed E-state index contributed by atoms with van der Waals surface area (Å²) in [5.41, 5.74) is 13.1. The number of likely N-dealkylation sites (tertiary alicyclic amines) is 1. The molecule has 1 aromatic carbocycles. The molecule has 24 heavy (non-hydrogen) atoms. The number of para-hydroxylation sites is 1. The van der Waals surface area contributed by atoms with E-state index in [1.165, 1.54) is 4.90 Å². The summed E-state index contributed by atoms with van der Waals surface area (Å²) in [5.74, 6) is -1.24. The Morgan fingerprint density at radius 2 is 2.00 bits per heavy atom. The fourth-order valence-electron chi connectivity index (χ4n) is 2.46. The molecule has 0 saturated carbocycles. The highest BCUT2D eigenvalue weighted by molar-refractivity contribution is 7.89. The molecule has 1 aromatic rings. The van der Waals surface area contributed by atoms with E-state index in [4.69, 9.17) is 16.6 Å². The number of aliphatic imine (C=N–C) groups is 2. The topological polar surface area (TPSA) is 157 Å². The fraction of sp³-hybridized carbons (Fsp3) is 0.357. The van der Waals surface area contributed by atoms with E-state index in [0.717, 1.165) is 5.56 Å². The molecule has 9 nitrogen and oxygen atoms in total. The number of guanidine groups is 2. The Kier molecular flexibility index (Phi) is 5.20. The number of hydrogen-bond acceptors (Lipinski definition) is 4. The van der Waals surface area contributed by atoms with Crippen LogP contribution in [0.15, 0.2) is 34.3 Å². The number of carbonyl (C=O) groups excluding carboxylic acids is 1. The lowest BCUT2D eigenvalue weighted by molar-refractivity contribution is -0.124. The predicted octanol–water partition coefficient (Wildman–Crippen LogP) is -0.607. The van der Waals surface area contributed by atoms with Gasteiger partial charge in [0.2, 0.25) is 27.8 Å². The van der Waals surface area contributed by atoms with Crippen molar-refractivity contribution in [2.75, 3.05) is 12.3 Å². The number of carbonyl (C=O) groups is 1. The van der Waals surface area contributed by atoms with Crippen LogP contribution in [0.5, 0.6) is 0 Å². The number of benzene rings is 1. The molecule has 0 bridgehead atoms. The predicted molar refractivity (Wildman–Crippen MR) is 91.9 cm³/mol. The van der Waals surface area contributed by atoms with E-state index < -0.39 is 15.9 Å². The van der Waals surface area contributed by atoms with Crippen LogP contribution in [-0.4, -0.2) is 43.4 Å². The van der Waals surface area contributed by atoms with Crippen molar-refractivity contribution in [3.8, 4) is 0 Å². The first-order chi connectivity index (χ1) is 11.2. The van der Waals surface area contributed by atoms with Crippen LogP contribution in [0.1, 0.15) is 12.0 Å². The summed E-state index contributed by atoms with van der Waals surface area (Å²) in [6.45, 7) is 2.00. The third-order valence-electron chi connectivity index (χ3n) is 3.53. The quantitative estimate of drug-likeness (QED) is 0.488. The molecule has 1 amide bonds. The van der Waals surface area contributed by atoms with E-state index in [1.54, 1.807) is 6.07 Å². The molecule has 1 heterocycles. The van der Waals surface area contributed by atoms with Crippen molar-refractivity contribution in [2.24, 2.45) is 32.5 Å². The maximum atomic E-state index is 12.0. The number of primary sulfonamides is 1. The van der Waals surface area contributed by atoms with Gasteiger partial charge in [-0.2, -0.15) is 4.99 Å². The van der Waals surface area contributed by atoms with Crippen molar-refractivity contribution in [3.63, 3.8) is 0 Å². The normalized spacial score (nSPS) is 19.8. The second kappa shape index (κ2) is 6.97. The lowest BCUT2D eigenvalue weighted by Gasteiger charge is -2.15. The van der Waals surface area contributed by atoms with Crippen molar-refractivity contribution in [1.82, 2.24) is 4.90 Å². The summed E-state index contributed by atoms with van der Waals surface area (Å²) in [5, 5.41) is 5.00. The lowest BCUT2D eigenvalue weighted by atomic mass is 10.1. The van der Waals surface area contributed by atoms with E-state index in [1.807, 2.05) is 25.1 Å². The summed E-state index contributed by atoms with van der Waals surface area (Å²) in [6, 6.07) is 7.34. The molecule has 0 aromatic heterocycles. The van der Waals surface area contributed by atoms with Gasteiger partial charge in [0.25, 0.3) is 0 Å². The minimum absolute atomic E-state index is 0.0431. The minimum atomic E-state index is -3.66. The summed E-state index contributed by atoms with van der Waals surface area (Å²) in [7, 11) is -3.66. The van der Waals surface area contributed by atoms with Crippen molar-refractivity contribution in [1.29, 1.82) is 0 Å². The van der Waals surface area contributed by atoms with Crippen LogP contribution in [0.25, 0.3) is 0 Å². The summed E-state index contributed by atoms with van der Waals surface area (Å²) in [6.07, 6.45) is 0.0431. The number of nitrogens with zero attached hydrogens (tertiary/aromatic N) is 3. The zero-order valence-electron chi connectivity index (χ0n) is 13.2. The molecule has 1 aliphatic rings. The van der Waals surface area contributed by atoms with Gasteiger partial charge in [0, 0.05) is 18.9 Å². The fourth-order valence-corrected chi connectivity index (χ4v) is 3.34. The molecular formula is C14H20N6O3S. The van der Waals surface area contributed by atoms with Crippen LogP contribution in [-0.2, 0) is 14.8 Å². The SMILES string of the molecule is Cc1ccccc1N=C(N)/N=C(\N)N1CC(CS(N)(=O)=O)CC1=O. The van der Waals surface area contributed by atoms with Gasteiger partial charge in [-0.05, 0) is 18.6 Å². The number of rotatable bonds is 3. The molecule has 130 valence electrons. The third kappa shape index (κ3) is 4.77. The van der Waals surface area contributed by atoms with Crippen molar-refractivity contribution in [3.05, 3.63) is 29.8 Å². The molecule has 0 aliphatic carbocycles. The first-order valence-corrected chi connectivity index (χ1v) is 8.92. The number of amides is 1. The molecule has 0 radical (unpaired) electrons. The molecule has 6 N–H and O–H groups in total. The zero-order valence-corrected chi connectivity index (χ0v) is 14.0. The second-order valence-corrected chi connectivity index (χ2v) is 7.29. The first kappa shape index (κ1) is 17.9. The van der Waals surface area contributed by atoms with Gasteiger partial charge < -0.3 is 11.5 Å². The van der Waals surface area contributed by atoms with Gasteiger partial charge in [-0.15, -0.1) is 0 Å². The van der Waals surface area contributed by atoms with Crippen LogP contribution < -0.4 is 16.6 Å². The van der Waals surface area contributed by atoms with Crippen molar-refractivity contribution in [2.45, 2.75) is 13.3 Å². The van der Waals surface area contributed by atoms with Gasteiger partial charge >= 0.3 is 0 Å². The second-order valence-electron chi connectivity index (χ2n) is 5.63. The van der Waals surface area contributed by atoms with Gasteiger partial charge in [-0.25, -0.2) is 18.5 Å². The molecule has 1 atom stereocenters. The standard InChI is InChI=1S/C14H20N6O3S/c1-9-4-2-3-5-11(9)18-13(15)19-14(16)20-7-10(6-12(20)21)8-24(17,22)23/h2-5,10H,6-8H2,1H3,(H2,17,22,23)(H4,15,16,18,19). The monoisotopic (exact) mass is 352 g/mol. The summed E-state index contributed by atoms with van der Waals surface area (Å²) < 4.78 is 22.3. The molecule has 2 rings (SSSR count). The first-order valence-electron chi connectivity index (χ1n) is 7.20. The smallest absolute Gasteiger partial charge is 0.229 e. The van der Waals surface area contributed by atoms with E-state index >= 15 is 0 Å². The van der Waals surface area contributed by atoms with Crippen molar-refractivity contribution < 1.29 is 13.2 Å². The molecule has 1 saturated heterocycles. The van der Waals surface area contributed by atoms with Gasteiger partial charge in [0.1, 0.15) is 0 Å². The Morgan fingerprint density at radius 3 is 2.62 bits per heavy atom. The molecular weight excluding hydrogens is 332 g/mol. The molecule has 10 heteroatoms. The van der Waals surface area contributed by atoms with E-state index in [2.05, 4.69) is 9.98 Å². The number of sulfonamides is 1. The Balaban J connectivity index is 2.13. The van der Waals surface area contributed by atoms with Crippen LogP contribution in [0.3, 0.4) is 0 Å². The number of hydrogen-bond donors (Lipinski definition) is 3. The molecule has 1 aliphatic heterocycles. The molecule has 1 fully saturated rings. The number of aryl methyl sites for hydroxylation is 1. The number of nitrogens with two attached hydrogens (primary N) is 3. The maximum absolute atomic E-state index is 12.0. The Morgan fingerprint density at radius 1 is 1.33 bits per heavy atom. The summed E-state index contributed by atoms with van der Waals surface area (Å²) in [4.78, 5) is 21.2. The van der Waals surface area contributed by atoms with Gasteiger partial charge in [0.05, 0.1) is 11.4 Å². The van der Waals surface area contributed by atoms with E-state index in [-0.39, 0.29) is 36.5 Å². The average molecular weight is 352 g/mol. The van der Waals surface area contributed by atoms with Crippen molar-refractivity contribution >= 4 is 33.5 Å². The maximum Gasteiger partial charge on any atom is 0.229 e. The largest absolute Gasteiger partial charge is 0.369 e. The van der Waals surface area contributed by atoms with Gasteiger partial charge in [-0.1, -0.05) is 18.2 Å². The lowest BCUT2D eigenvalue weighted by Crippen LogP contribution is -2.40. The van der Waals surface area contributed by atoms with Crippen LogP contribution in [0, 0.1) is 12.8 Å². The molecule has 0 spiro atoms. The highest BCUT2D eigenvalue weighted by Crippen LogP contribution is 2.19. The Bertz CT molecular complexity index is 802. The average Bonchev–Trinajstić information content (AvgIpc) is 2.80. The highest BCUT2D eigenvalue weighted by Gasteiger charge is 2.33. The third-order valence-corrected chi connectivity index (χ3v) is 4.47. The summed E-state index contributed by atoms with van der Waals surface area (Å²) >= 11 is 0. The van der Waals surface area contributed by atoms with E-state index in [9.17, 15) is 13.2 Å². The zero-order chi connectivity index (χ0) is 17.9. The van der Waals surface area contributed by atoms with Gasteiger partial charge in [0.15, 0.2) is 0 Å². The van der Waals surface area contributed by atoms with E-state index in [0.29, 0.717) is 5.69 Å². The van der Waals surface area contributed by atoms with Crippen LogP contribution >= 0.6 is 0 Å².